The zero-order valence-corrected chi connectivity index (χ0v) is 22.3. The summed E-state index contributed by atoms with van der Waals surface area (Å²) < 4.78 is 0. The Labute approximate surface area is 213 Å². The van der Waals surface area contributed by atoms with E-state index in [9.17, 15) is 5.11 Å². The molecule has 0 aromatic heterocycles. The van der Waals surface area contributed by atoms with Gasteiger partial charge in [0.15, 0.2) is 0 Å². The molecule has 0 fully saturated rings. The molecule has 1 aliphatic rings. The minimum Gasteiger partial charge on any atom is -1.00 e. The maximum absolute atomic E-state index is 9.58. The summed E-state index contributed by atoms with van der Waals surface area (Å²) in [5.74, 6) is 0. The Morgan fingerprint density at radius 3 is 1.70 bits per heavy atom. The van der Waals surface area contributed by atoms with Gasteiger partial charge in [-0.2, -0.15) is 0 Å². The van der Waals surface area contributed by atoms with Gasteiger partial charge in [0.2, 0.25) is 0 Å². The van der Waals surface area contributed by atoms with Gasteiger partial charge in [-0.3, -0.25) is 0 Å². The predicted octanol–water partition coefficient (Wildman–Crippen LogP) is 0.641. The van der Waals surface area contributed by atoms with Crippen molar-refractivity contribution in [2.75, 3.05) is 0 Å². The third-order valence-corrected chi connectivity index (χ3v) is 4.63. The summed E-state index contributed by atoms with van der Waals surface area (Å²) in [6.07, 6.45) is 1.66. The van der Waals surface area contributed by atoms with Crippen molar-refractivity contribution >= 4 is 37.1 Å². The van der Waals surface area contributed by atoms with E-state index in [0.29, 0.717) is 0 Å². The summed E-state index contributed by atoms with van der Waals surface area (Å²) >= 11 is 0. The number of halogens is 2. The van der Waals surface area contributed by atoms with Crippen LogP contribution in [0, 0.1) is 0 Å². The molecule has 1 nitrogen and oxygen atoms in total. The van der Waals surface area contributed by atoms with Crippen LogP contribution in [0.15, 0.2) is 84.4 Å². The van der Waals surface area contributed by atoms with Gasteiger partial charge >= 0.3 is 26.2 Å². The van der Waals surface area contributed by atoms with Crippen LogP contribution < -0.4 is 24.8 Å². The average molecular weight is 532 g/mol. The van der Waals surface area contributed by atoms with Gasteiger partial charge in [-0.15, -0.1) is 39.7 Å². The summed E-state index contributed by atoms with van der Waals surface area (Å²) in [5, 5.41) is 15.0. The summed E-state index contributed by atoms with van der Waals surface area (Å²) in [6, 6.07) is 27.2. The summed E-state index contributed by atoms with van der Waals surface area (Å²) in [5.41, 5.74) is 3.22. The Balaban J connectivity index is 0.000000461. The Hall–Kier alpha value is -1.09. The summed E-state index contributed by atoms with van der Waals surface area (Å²) in [6.45, 7) is 6.25. The minimum atomic E-state index is -0.369. The van der Waals surface area contributed by atoms with Crippen LogP contribution in [-0.4, -0.2) is 14.6 Å². The quantitative estimate of drug-likeness (QED) is 0.261. The van der Waals surface area contributed by atoms with Crippen LogP contribution in [0.25, 0.3) is 27.6 Å². The molecular weight excluding hydrogens is 506 g/mol. The van der Waals surface area contributed by atoms with Gasteiger partial charge in [0, 0.05) is 9.52 Å². The molecule has 4 aromatic carbocycles. The van der Waals surface area contributed by atoms with Crippen molar-refractivity contribution in [1.29, 1.82) is 0 Å². The molecule has 0 aliphatic heterocycles. The molecule has 1 unspecified atom stereocenters. The zero-order valence-electron chi connectivity index (χ0n) is 17.4. The number of aliphatic hydroxyl groups excluding tert-OH is 1. The van der Waals surface area contributed by atoms with Gasteiger partial charge in [-0.1, -0.05) is 79.8 Å². The first-order chi connectivity index (χ1) is 13.2. The summed E-state index contributed by atoms with van der Waals surface area (Å²) in [7, 11) is 1.08. The number of hydrogen-bond donors (Lipinski definition) is 1. The van der Waals surface area contributed by atoms with Gasteiger partial charge in [-0.25, -0.2) is 0 Å². The molecule has 0 bridgehead atoms. The molecule has 0 saturated heterocycles. The number of rotatable bonds is 0. The second-order valence-corrected chi connectivity index (χ2v) is 7.74. The van der Waals surface area contributed by atoms with Crippen molar-refractivity contribution < 1.29 is 56.1 Å². The fourth-order valence-corrected chi connectivity index (χ4v) is 3.36. The molecule has 0 saturated carbocycles. The Morgan fingerprint density at radius 2 is 1.20 bits per heavy atom. The smallest absolute Gasteiger partial charge is 1.00 e. The van der Waals surface area contributed by atoms with Gasteiger partial charge in [0.25, 0.3) is 0 Å². The van der Waals surface area contributed by atoms with Gasteiger partial charge in [-0.05, 0) is 23.6 Å². The van der Waals surface area contributed by atoms with Gasteiger partial charge in [0.05, 0.1) is 0 Å². The fraction of sp³-hybridized carbons (Fsp3) is 0.160. The van der Waals surface area contributed by atoms with Crippen LogP contribution in [0.2, 0.25) is 13.1 Å². The molecule has 5 heteroatoms. The van der Waals surface area contributed by atoms with E-state index < -0.39 is 0 Å². The molecule has 1 N–H and O–H groups in total. The third kappa shape index (κ3) is 6.70. The number of benzene rings is 3. The molecule has 0 amide bonds. The van der Waals surface area contributed by atoms with Crippen molar-refractivity contribution in [2.24, 2.45) is 0 Å². The topological polar surface area (TPSA) is 20.2 Å². The maximum atomic E-state index is 9.58. The zero-order chi connectivity index (χ0) is 19.2. The van der Waals surface area contributed by atoms with Crippen molar-refractivity contribution in [2.45, 2.75) is 26.1 Å². The number of hydrogen-bond acceptors (Lipinski definition) is 1. The van der Waals surface area contributed by atoms with Crippen LogP contribution in [0.1, 0.15) is 24.2 Å². The first-order valence-electron chi connectivity index (χ1n) is 9.22. The van der Waals surface area contributed by atoms with Crippen molar-refractivity contribution in [3.8, 4) is 0 Å². The molecule has 0 heterocycles. The van der Waals surface area contributed by atoms with Crippen LogP contribution in [0.4, 0.5) is 0 Å². The molecule has 1 atom stereocenters. The number of aliphatic hydroxyl groups is 1. The second kappa shape index (κ2) is 14.1. The second-order valence-electron chi connectivity index (χ2n) is 6.74. The molecule has 5 rings (SSSR count). The fourth-order valence-electron chi connectivity index (χ4n) is 3.36. The third-order valence-electron chi connectivity index (χ3n) is 4.63. The first-order valence-corrected chi connectivity index (χ1v) is 11.2. The van der Waals surface area contributed by atoms with Gasteiger partial charge < -0.3 is 29.9 Å². The normalized spacial score (nSPS) is 13.2. The van der Waals surface area contributed by atoms with E-state index >= 15 is 0 Å². The van der Waals surface area contributed by atoms with E-state index in [2.05, 4.69) is 67.7 Å². The molecule has 4 aromatic rings. The molecular formula is C25H25Cl2OSiZr. The molecule has 3 radical (unpaired) electrons. The number of fused-ring (bicyclic) bond motifs is 4. The Kier molecular flexibility index (Phi) is 13.6. The Bertz CT molecular complexity index is 1020. The van der Waals surface area contributed by atoms with E-state index in [1.807, 2.05) is 37.3 Å². The first kappa shape index (κ1) is 28.9. The molecule has 0 spiro atoms. The van der Waals surface area contributed by atoms with E-state index in [-0.39, 0.29) is 57.1 Å². The van der Waals surface area contributed by atoms with Crippen LogP contribution in [0.5, 0.6) is 0 Å². The van der Waals surface area contributed by atoms with Crippen LogP contribution in [0.3, 0.4) is 0 Å². The largest absolute Gasteiger partial charge is 3.00 e. The van der Waals surface area contributed by atoms with Crippen molar-refractivity contribution in [3.63, 3.8) is 0 Å². The van der Waals surface area contributed by atoms with Crippen LogP contribution >= 0.6 is 0 Å². The van der Waals surface area contributed by atoms with E-state index in [1.165, 1.54) is 21.5 Å². The van der Waals surface area contributed by atoms with Crippen LogP contribution in [-0.2, 0) is 26.2 Å². The van der Waals surface area contributed by atoms with Gasteiger partial charge in [0.1, 0.15) is 6.10 Å². The molecule has 1 aliphatic carbocycles. The van der Waals surface area contributed by atoms with E-state index in [0.717, 1.165) is 26.2 Å². The minimum absolute atomic E-state index is 0. The molecule has 153 valence electrons. The maximum Gasteiger partial charge on any atom is 3.00 e. The van der Waals surface area contributed by atoms with Crippen molar-refractivity contribution in [3.05, 3.63) is 95.6 Å². The Morgan fingerprint density at radius 1 is 0.767 bits per heavy atom. The predicted molar refractivity (Wildman–Crippen MR) is 120 cm³/mol. The summed E-state index contributed by atoms with van der Waals surface area (Å²) in [4.78, 5) is 0. The SMILES string of the molecule is CC1=Cc2ccccc2C1O.C[Si]C.[Cl-].[Cl-].[Zr+3].c1ccc2c(c1)[cH-]c1ccccc12. The van der Waals surface area contributed by atoms with E-state index in [4.69, 9.17) is 0 Å². The van der Waals surface area contributed by atoms with E-state index in [1.54, 1.807) is 0 Å². The molecule has 30 heavy (non-hydrogen) atoms. The average Bonchev–Trinajstić information content (AvgIpc) is 3.21. The monoisotopic (exact) mass is 529 g/mol. The standard InChI is InChI=1S/C13H9.C10H10O.C2H6Si.2ClH.Zr/c1-3-7-12-10(5-1)9-11-6-2-4-8-13(11)12;1-7-6-8-4-2-3-5-9(8)10(7)11;1-3-2;;;/h1-9H;2-6,10-11H,1H3;1-2H3;2*1H;/q-1;;;;;+3/p-2. The van der Waals surface area contributed by atoms with Crippen molar-refractivity contribution in [1.82, 2.24) is 0 Å².